The Bertz CT molecular complexity index is 3220. The van der Waals surface area contributed by atoms with Gasteiger partial charge in [-0.3, -0.25) is 0 Å². The van der Waals surface area contributed by atoms with Crippen LogP contribution in [0, 0.1) is 0 Å². The molecule has 0 atom stereocenters. The Kier molecular flexibility index (Phi) is 9.57. The number of hydrogen-bond acceptors (Lipinski definition) is 2. The van der Waals surface area contributed by atoms with Gasteiger partial charge >= 0.3 is 0 Å². The number of pyridine rings is 2. The maximum atomic E-state index is 5.27. The molecule has 9 aromatic carbocycles. The van der Waals surface area contributed by atoms with Crippen LogP contribution in [0.4, 0.5) is 0 Å². The zero-order chi connectivity index (χ0) is 41.2. The summed E-state index contributed by atoms with van der Waals surface area (Å²) in [7, 11) is 0. The van der Waals surface area contributed by atoms with E-state index in [1.807, 2.05) is 6.07 Å². The van der Waals surface area contributed by atoms with Crippen molar-refractivity contribution in [2.75, 3.05) is 0 Å². The molecule has 0 amide bonds. The highest BCUT2D eigenvalue weighted by Crippen LogP contribution is 2.40. The van der Waals surface area contributed by atoms with E-state index in [1.165, 1.54) is 49.7 Å². The molecule has 11 aromatic rings. The fourth-order valence-electron chi connectivity index (χ4n) is 8.71. The van der Waals surface area contributed by atoms with Gasteiger partial charge in [0.2, 0.25) is 0 Å². The molecular weight excluding hydrogens is 749 g/mol. The zero-order valence-corrected chi connectivity index (χ0v) is 34.0. The third-order valence-corrected chi connectivity index (χ3v) is 11.9. The quantitative estimate of drug-likeness (QED) is 0.143. The number of nitrogens with zero attached hydrogens (tertiary/aromatic N) is 2. The van der Waals surface area contributed by atoms with Crippen molar-refractivity contribution in [3.63, 3.8) is 0 Å². The largest absolute Gasteiger partial charge is 0.248 e. The Labute approximate surface area is 362 Å². The Balaban J connectivity index is 0.994. The monoisotopic (exact) mass is 788 g/mol. The summed E-state index contributed by atoms with van der Waals surface area (Å²) in [5.41, 5.74) is 18.8. The van der Waals surface area contributed by atoms with Gasteiger partial charge in [-0.1, -0.05) is 218 Å². The standard InChI is InChI=1S/C60H40N2/c1-5-14-41(15-6-1)43-26-32-49(33-27-43)57-38-51(39-58(62-57)50-34-28-44(29-35-50)42-16-7-2-8-17-42)45-24-30-47(31-25-45)52-22-13-23-54-53(52)36-37-56-60(54)55(46-18-9-3-10-19-46)40-59(61-56)48-20-11-4-12-21-48/h1-40H. The summed E-state index contributed by atoms with van der Waals surface area (Å²) in [6, 6.07) is 86.5. The van der Waals surface area contributed by atoms with Crippen LogP contribution in [-0.2, 0) is 0 Å². The predicted molar refractivity (Wildman–Crippen MR) is 261 cm³/mol. The Morgan fingerprint density at radius 2 is 0.597 bits per heavy atom. The van der Waals surface area contributed by atoms with E-state index in [4.69, 9.17) is 9.97 Å². The molecule has 0 N–H and O–H groups in total. The zero-order valence-electron chi connectivity index (χ0n) is 34.0. The fourth-order valence-corrected chi connectivity index (χ4v) is 8.71. The van der Waals surface area contributed by atoms with Gasteiger partial charge in [-0.05, 0) is 90.7 Å². The molecule has 2 heteroatoms. The summed E-state index contributed by atoms with van der Waals surface area (Å²) >= 11 is 0. The lowest BCUT2D eigenvalue weighted by atomic mass is 9.91. The van der Waals surface area contributed by atoms with Gasteiger partial charge in [-0.25, -0.2) is 9.97 Å². The normalized spacial score (nSPS) is 11.2. The highest BCUT2D eigenvalue weighted by atomic mass is 14.7. The third-order valence-electron chi connectivity index (χ3n) is 11.9. The van der Waals surface area contributed by atoms with Crippen LogP contribution in [0.1, 0.15) is 0 Å². The Morgan fingerprint density at radius 1 is 0.210 bits per heavy atom. The highest BCUT2D eigenvalue weighted by molar-refractivity contribution is 6.17. The first kappa shape index (κ1) is 36.8. The second-order valence-electron chi connectivity index (χ2n) is 15.7. The van der Waals surface area contributed by atoms with Crippen LogP contribution < -0.4 is 0 Å². The van der Waals surface area contributed by atoms with Gasteiger partial charge in [0.15, 0.2) is 0 Å². The molecule has 2 heterocycles. The molecule has 62 heavy (non-hydrogen) atoms. The van der Waals surface area contributed by atoms with Gasteiger partial charge in [0.05, 0.1) is 22.6 Å². The lowest BCUT2D eigenvalue weighted by Gasteiger charge is -2.15. The van der Waals surface area contributed by atoms with Crippen molar-refractivity contribution in [1.29, 1.82) is 0 Å². The van der Waals surface area contributed by atoms with Crippen molar-refractivity contribution < 1.29 is 0 Å². The van der Waals surface area contributed by atoms with Gasteiger partial charge in [0.25, 0.3) is 0 Å². The van der Waals surface area contributed by atoms with Crippen LogP contribution in [0.25, 0.3) is 111 Å². The molecule has 11 rings (SSSR count). The summed E-state index contributed by atoms with van der Waals surface area (Å²) in [6.45, 7) is 0. The molecule has 0 aliphatic carbocycles. The van der Waals surface area contributed by atoms with Crippen LogP contribution in [0.15, 0.2) is 243 Å². The highest BCUT2D eigenvalue weighted by Gasteiger charge is 2.16. The van der Waals surface area contributed by atoms with Crippen molar-refractivity contribution in [3.8, 4) is 89.4 Å². The average Bonchev–Trinajstić information content (AvgIpc) is 3.37. The molecule has 0 saturated heterocycles. The molecule has 0 aliphatic heterocycles. The van der Waals surface area contributed by atoms with Crippen molar-refractivity contribution in [1.82, 2.24) is 9.97 Å². The SMILES string of the molecule is c1ccc(-c2ccc(-c3cc(-c4ccc(-c5cccc6c5ccc5nc(-c7ccccc7)cc(-c7ccccc7)c56)cc4)cc(-c4ccc(-c5ccccc5)cc4)n3)cc2)cc1. The van der Waals surface area contributed by atoms with Crippen LogP contribution in [0.2, 0.25) is 0 Å². The van der Waals surface area contributed by atoms with E-state index in [0.29, 0.717) is 0 Å². The maximum Gasteiger partial charge on any atom is 0.0722 e. The van der Waals surface area contributed by atoms with E-state index in [9.17, 15) is 0 Å². The van der Waals surface area contributed by atoms with E-state index in [1.54, 1.807) is 0 Å². The minimum atomic E-state index is 0.938. The second kappa shape index (κ2) is 16.1. The average molecular weight is 789 g/mol. The van der Waals surface area contributed by atoms with Crippen molar-refractivity contribution in [2.45, 2.75) is 0 Å². The first-order valence-corrected chi connectivity index (χ1v) is 21.1. The summed E-state index contributed by atoms with van der Waals surface area (Å²) in [5.74, 6) is 0. The molecule has 2 aromatic heterocycles. The van der Waals surface area contributed by atoms with Gasteiger partial charge < -0.3 is 0 Å². The number of hydrogen-bond donors (Lipinski definition) is 0. The molecule has 0 bridgehead atoms. The van der Waals surface area contributed by atoms with E-state index in [0.717, 1.165) is 61.4 Å². The second-order valence-corrected chi connectivity index (χ2v) is 15.7. The molecule has 0 saturated carbocycles. The first-order valence-electron chi connectivity index (χ1n) is 21.1. The Hall–Kier alpha value is -8.20. The number of aromatic nitrogens is 2. The Morgan fingerprint density at radius 3 is 1.13 bits per heavy atom. The van der Waals surface area contributed by atoms with Crippen molar-refractivity contribution in [2.24, 2.45) is 0 Å². The van der Waals surface area contributed by atoms with Crippen LogP contribution in [0.3, 0.4) is 0 Å². The number of benzene rings is 9. The predicted octanol–water partition coefficient (Wildman–Crippen LogP) is 16.1. The molecule has 0 radical (unpaired) electrons. The molecule has 0 unspecified atom stereocenters. The molecular formula is C60H40N2. The van der Waals surface area contributed by atoms with Gasteiger partial charge in [0, 0.05) is 22.1 Å². The first-order chi connectivity index (χ1) is 30.7. The topological polar surface area (TPSA) is 25.8 Å². The van der Waals surface area contributed by atoms with Crippen molar-refractivity contribution >= 4 is 21.7 Å². The van der Waals surface area contributed by atoms with Crippen LogP contribution >= 0.6 is 0 Å². The third kappa shape index (κ3) is 7.14. The van der Waals surface area contributed by atoms with E-state index < -0.39 is 0 Å². The molecule has 2 nitrogen and oxygen atoms in total. The lowest BCUT2D eigenvalue weighted by Crippen LogP contribution is -1.93. The van der Waals surface area contributed by atoms with E-state index >= 15 is 0 Å². The number of rotatable bonds is 8. The summed E-state index contributed by atoms with van der Waals surface area (Å²) in [5, 5.41) is 3.55. The van der Waals surface area contributed by atoms with Gasteiger partial charge in [-0.2, -0.15) is 0 Å². The molecule has 0 aliphatic rings. The molecule has 290 valence electrons. The summed E-state index contributed by atoms with van der Waals surface area (Å²) < 4.78 is 0. The lowest BCUT2D eigenvalue weighted by molar-refractivity contribution is 1.32. The van der Waals surface area contributed by atoms with Crippen LogP contribution in [0.5, 0.6) is 0 Å². The van der Waals surface area contributed by atoms with Crippen LogP contribution in [-0.4, -0.2) is 9.97 Å². The summed E-state index contributed by atoms with van der Waals surface area (Å²) in [6.07, 6.45) is 0. The fraction of sp³-hybridized carbons (Fsp3) is 0. The smallest absolute Gasteiger partial charge is 0.0722 e. The minimum Gasteiger partial charge on any atom is -0.248 e. The summed E-state index contributed by atoms with van der Waals surface area (Å²) in [4.78, 5) is 10.5. The van der Waals surface area contributed by atoms with E-state index in [2.05, 4.69) is 237 Å². The molecule has 0 fully saturated rings. The minimum absolute atomic E-state index is 0.938. The molecule has 0 spiro atoms. The van der Waals surface area contributed by atoms with Gasteiger partial charge in [-0.15, -0.1) is 0 Å². The maximum absolute atomic E-state index is 5.27. The van der Waals surface area contributed by atoms with Crippen molar-refractivity contribution in [3.05, 3.63) is 243 Å². The van der Waals surface area contributed by atoms with Gasteiger partial charge in [0.1, 0.15) is 0 Å². The number of fused-ring (bicyclic) bond motifs is 3. The van der Waals surface area contributed by atoms with E-state index in [-0.39, 0.29) is 0 Å².